The van der Waals surface area contributed by atoms with Crippen LogP contribution in [0.2, 0.25) is 0 Å². The van der Waals surface area contributed by atoms with Crippen molar-refractivity contribution >= 4 is 0 Å². The molecule has 0 aliphatic carbocycles. The maximum Gasteiger partial charge on any atom is 0.0973 e. The molecule has 4 atom stereocenters. The minimum Gasteiger partial charge on any atom is -0.378 e. The Labute approximate surface area is 79.6 Å². The lowest BCUT2D eigenvalue weighted by Crippen LogP contribution is -2.27. The molecule has 74 valence electrons. The third kappa shape index (κ3) is 2.01. The smallest absolute Gasteiger partial charge is 0.0973 e. The lowest BCUT2D eigenvalue weighted by atomic mass is 9.96. The Morgan fingerprint density at radius 2 is 2.15 bits per heavy atom. The van der Waals surface area contributed by atoms with E-state index in [0.29, 0.717) is 12.3 Å². The Hall–Kier alpha value is -0.590. The van der Waals surface area contributed by atoms with Crippen molar-refractivity contribution in [1.82, 2.24) is 0 Å². The van der Waals surface area contributed by atoms with Crippen molar-refractivity contribution in [1.29, 1.82) is 5.26 Å². The van der Waals surface area contributed by atoms with E-state index in [1.807, 2.05) is 0 Å². The zero-order valence-corrected chi connectivity index (χ0v) is 8.49. The lowest BCUT2D eigenvalue weighted by Gasteiger charge is -2.17. The predicted octanol–water partition coefficient (Wildman–Crippen LogP) is 1.73. The zero-order valence-electron chi connectivity index (χ0n) is 8.49. The van der Waals surface area contributed by atoms with Gasteiger partial charge in [0.25, 0.3) is 0 Å². The highest BCUT2D eigenvalue weighted by Crippen LogP contribution is 2.31. The van der Waals surface area contributed by atoms with Gasteiger partial charge in [-0.15, -0.1) is 0 Å². The molecule has 1 heterocycles. The van der Waals surface area contributed by atoms with E-state index in [0.717, 1.165) is 6.42 Å². The van der Waals surface area contributed by atoms with Gasteiger partial charge in [0.05, 0.1) is 30.8 Å². The minimum absolute atomic E-state index is 0.0325. The van der Waals surface area contributed by atoms with Crippen LogP contribution in [-0.4, -0.2) is 25.4 Å². The van der Waals surface area contributed by atoms with Gasteiger partial charge in [0.15, 0.2) is 0 Å². The second-order valence-corrected chi connectivity index (χ2v) is 3.54. The first-order chi connectivity index (χ1) is 6.24. The molecular weight excluding hydrogens is 166 g/mol. The SMILES string of the molecule is CC[C@H]1OC(CC#N)[C@H](OC)[C@@H]1C. The predicted molar refractivity (Wildman–Crippen MR) is 49.1 cm³/mol. The second kappa shape index (κ2) is 4.59. The van der Waals surface area contributed by atoms with Gasteiger partial charge in [0.2, 0.25) is 0 Å². The molecule has 1 aliphatic heterocycles. The molecular formula is C10H17NO2. The van der Waals surface area contributed by atoms with E-state index in [2.05, 4.69) is 19.9 Å². The van der Waals surface area contributed by atoms with Gasteiger partial charge in [0, 0.05) is 13.0 Å². The van der Waals surface area contributed by atoms with Crippen molar-refractivity contribution in [2.24, 2.45) is 5.92 Å². The van der Waals surface area contributed by atoms with Crippen LogP contribution in [0.15, 0.2) is 0 Å². The summed E-state index contributed by atoms with van der Waals surface area (Å²) >= 11 is 0. The van der Waals surface area contributed by atoms with E-state index < -0.39 is 0 Å². The van der Waals surface area contributed by atoms with Crippen molar-refractivity contribution in [3.05, 3.63) is 0 Å². The topological polar surface area (TPSA) is 42.2 Å². The highest BCUT2D eigenvalue weighted by atomic mass is 16.6. The molecule has 0 saturated carbocycles. The number of rotatable bonds is 3. The summed E-state index contributed by atoms with van der Waals surface area (Å²) in [5.41, 5.74) is 0. The summed E-state index contributed by atoms with van der Waals surface area (Å²) < 4.78 is 11.1. The quantitative estimate of drug-likeness (QED) is 0.669. The van der Waals surface area contributed by atoms with Crippen LogP contribution in [0.25, 0.3) is 0 Å². The summed E-state index contributed by atoms with van der Waals surface area (Å²) in [5.74, 6) is 0.397. The van der Waals surface area contributed by atoms with E-state index in [1.54, 1.807) is 7.11 Å². The minimum atomic E-state index is -0.0325. The first-order valence-corrected chi connectivity index (χ1v) is 4.79. The second-order valence-electron chi connectivity index (χ2n) is 3.54. The summed E-state index contributed by atoms with van der Waals surface area (Å²) in [6.45, 7) is 4.22. The van der Waals surface area contributed by atoms with Crippen molar-refractivity contribution in [2.75, 3.05) is 7.11 Å². The Morgan fingerprint density at radius 1 is 1.46 bits per heavy atom. The molecule has 1 rings (SSSR count). The molecule has 0 aromatic rings. The number of nitrogens with zero attached hydrogens (tertiary/aromatic N) is 1. The average molecular weight is 183 g/mol. The summed E-state index contributed by atoms with van der Waals surface area (Å²) in [5, 5.41) is 8.60. The normalized spacial score (nSPS) is 38.9. The maximum atomic E-state index is 8.60. The van der Waals surface area contributed by atoms with Gasteiger partial charge in [-0.05, 0) is 6.42 Å². The summed E-state index contributed by atoms with van der Waals surface area (Å²) in [6.07, 6.45) is 1.73. The van der Waals surface area contributed by atoms with Crippen LogP contribution < -0.4 is 0 Å². The van der Waals surface area contributed by atoms with Gasteiger partial charge in [-0.3, -0.25) is 0 Å². The Bertz CT molecular complexity index is 200. The van der Waals surface area contributed by atoms with Crippen LogP contribution in [0, 0.1) is 17.2 Å². The standard InChI is InChI=1S/C10H17NO2/c1-4-8-7(2)10(12-3)9(13-8)5-6-11/h7-10H,4-5H2,1-3H3/t7-,8-,9?,10-/m1/s1. The summed E-state index contributed by atoms with van der Waals surface area (Å²) in [7, 11) is 1.69. The summed E-state index contributed by atoms with van der Waals surface area (Å²) in [4.78, 5) is 0. The molecule has 0 aromatic heterocycles. The van der Waals surface area contributed by atoms with Crippen LogP contribution in [0.3, 0.4) is 0 Å². The van der Waals surface area contributed by atoms with E-state index in [1.165, 1.54) is 0 Å². The molecule has 0 amide bonds. The summed E-state index contributed by atoms with van der Waals surface area (Å²) in [6, 6.07) is 2.13. The van der Waals surface area contributed by atoms with Gasteiger partial charge in [-0.1, -0.05) is 13.8 Å². The zero-order chi connectivity index (χ0) is 9.84. The van der Waals surface area contributed by atoms with Crippen LogP contribution in [-0.2, 0) is 9.47 Å². The fourth-order valence-corrected chi connectivity index (χ4v) is 2.06. The van der Waals surface area contributed by atoms with Gasteiger partial charge < -0.3 is 9.47 Å². The third-order valence-electron chi connectivity index (χ3n) is 2.79. The van der Waals surface area contributed by atoms with Gasteiger partial charge in [0.1, 0.15) is 0 Å². The molecule has 1 saturated heterocycles. The molecule has 0 radical (unpaired) electrons. The largest absolute Gasteiger partial charge is 0.378 e. The number of methoxy groups -OCH3 is 1. The van der Waals surface area contributed by atoms with Crippen LogP contribution >= 0.6 is 0 Å². The first kappa shape index (κ1) is 10.5. The Balaban J connectivity index is 2.62. The first-order valence-electron chi connectivity index (χ1n) is 4.79. The third-order valence-corrected chi connectivity index (χ3v) is 2.79. The van der Waals surface area contributed by atoms with Crippen molar-refractivity contribution in [3.63, 3.8) is 0 Å². The highest BCUT2D eigenvalue weighted by molar-refractivity contribution is 4.93. The number of hydrogen-bond donors (Lipinski definition) is 0. The molecule has 13 heavy (non-hydrogen) atoms. The molecule has 0 bridgehead atoms. The molecule has 3 nitrogen and oxygen atoms in total. The fourth-order valence-electron chi connectivity index (χ4n) is 2.06. The number of hydrogen-bond acceptors (Lipinski definition) is 3. The maximum absolute atomic E-state index is 8.60. The fraction of sp³-hybridized carbons (Fsp3) is 0.900. The Morgan fingerprint density at radius 3 is 2.62 bits per heavy atom. The van der Waals surface area contributed by atoms with Crippen molar-refractivity contribution < 1.29 is 9.47 Å². The molecule has 1 unspecified atom stereocenters. The van der Waals surface area contributed by atoms with E-state index in [9.17, 15) is 0 Å². The molecule has 0 spiro atoms. The van der Waals surface area contributed by atoms with Gasteiger partial charge >= 0.3 is 0 Å². The molecule has 1 fully saturated rings. The van der Waals surface area contributed by atoms with Crippen LogP contribution in [0.4, 0.5) is 0 Å². The number of ether oxygens (including phenoxy) is 2. The molecule has 0 N–H and O–H groups in total. The van der Waals surface area contributed by atoms with E-state index in [4.69, 9.17) is 14.7 Å². The van der Waals surface area contributed by atoms with Crippen LogP contribution in [0.1, 0.15) is 26.7 Å². The van der Waals surface area contributed by atoms with Crippen molar-refractivity contribution in [3.8, 4) is 6.07 Å². The molecule has 0 aromatic carbocycles. The number of nitriles is 1. The van der Waals surface area contributed by atoms with Crippen LogP contribution in [0.5, 0.6) is 0 Å². The highest BCUT2D eigenvalue weighted by Gasteiger charge is 2.40. The lowest BCUT2D eigenvalue weighted by molar-refractivity contribution is -0.00314. The van der Waals surface area contributed by atoms with Crippen molar-refractivity contribution in [2.45, 2.75) is 45.0 Å². The van der Waals surface area contributed by atoms with Gasteiger partial charge in [-0.25, -0.2) is 0 Å². The van der Waals surface area contributed by atoms with E-state index >= 15 is 0 Å². The molecule has 1 aliphatic rings. The molecule has 3 heteroatoms. The average Bonchev–Trinajstić information content (AvgIpc) is 2.43. The monoisotopic (exact) mass is 183 g/mol. The van der Waals surface area contributed by atoms with E-state index in [-0.39, 0.29) is 18.3 Å². The Kier molecular flexibility index (Phi) is 3.71. The van der Waals surface area contributed by atoms with Gasteiger partial charge in [-0.2, -0.15) is 5.26 Å².